The first-order chi connectivity index (χ1) is 9.97. The lowest BCUT2D eigenvalue weighted by Crippen LogP contribution is -2.58. The minimum atomic E-state index is -0.750. The van der Waals surface area contributed by atoms with Crippen molar-refractivity contribution < 1.29 is 14.7 Å². The highest BCUT2D eigenvalue weighted by atomic mass is 16.4. The molecule has 1 aliphatic carbocycles. The Morgan fingerprint density at radius 3 is 2.29 bits per heavy atom. The zero-order chi connectivity index (χ0) is 15.4. The van der Waals surface area contributed by atoms with Crippen LogP contribution in [0, 0.1) is 5.92 Å². The van der Waals surface area contributed by atoms with Gasteiger partial charge in [-0.3, -0.25) is 10.2 Å². The van der Waals surface area contributed by atoms with Gasteiger partial charge in [0.05, 0.1) is 5.92 Å². The summed E-state index contributed by atoms with van der Waals surface area (Å²) in [4.78, 5) is 23.2. The zero-order valence-corrected chi connectivity index (χ0v) is 13.0. The van der Waals surface area contributed by atoms with Crippen molar-refractivity contribution in [2.45, 2.75) is 76.9 Å². The average Bonchev–Trinajstić information content (AvgIpc) is 2.43. The van der Waals surface area contributed by atoms with Gasteiger partial charge in [0.15, 0.2) is 0 Å². The predicted octanol–water partition coefficient (Wildman–Crippen LogP) is 2.11. The molecule has 4 unspecified atom stereocenters. The number of rotatable bonds is 3. The molecule has 21 heavy (non-hydrogen) atoms. The lowest BCUT2D eigenvalue weighted by atomic mass is 9.86. The Bertz CT molecular complexity index is 378. The predicted molar refractivity (Wildman–Crippen MR) is 79.7 cm³/mol. The third kappa shape index (κ3) is 4.33. The van der Waals surface area contributed by atoms with Gasteiger partial charge in [-0.25, -0.2) is 9.80 Å². The molecule has 6 nitrogen and oxygen atoms in total. The summed E-state index contributed by atoms with van der Waals surface area (Å²) in [5.41, 5.74) is 2.95. The molecule has 0 aromatic heterocycles. The highest BCUT2D eigenvalue weighted by Crippen LogP contribution is 2.24. The molecule has 120 valence electrons. The molecule has 2 amide bonds. The van der Waals surface area contributed by atoms with E-state index >= 15 is 0 Å². The molecule has 1 aliphatic heterocycles. The van der Waals surface area contributed by atoms with Crippen LogP contribution in [-0.2, 0) is 4.79 Å². The van der Waals surface area contributed by atoms with Gasteiger partial charge in [-0.15, -0.1) is 0 Å². The summed E-state index contributed by atoms with van der Waals surface area (Å²) < 4.78 is 0. The lowest BCUT2D eigenvalue weighted by molar-refractivity contribution is -0.143. The third-order valence-electron chi connectivity index (χ3n) is 4.78. The maximum Gasteiger partial charge on any atom is 0.329 e. The normalized spacial score (nSPS) is 34.2. The maximum absolute atomic E-state index is 12.1. The standard InChI is InChI=1S/C15H27N3O3/c1-10-5-3-6-11(2)18(10)17-15(21)16-13-8-4-7-12(9-13)14(19)20/h10-13H,3-9H2,1-2H3,(H,19,20)(H2,16,17,21). The van der Waals surface area contributed by atoms with Crippen LogP contribution in [-0.4, -0.2) is 40.2 Å². The molecule has 6 heteroatoms. The van der Waals surface area contributed by atoms with Crippen LogP contribution in [0.25, 0.3) is 0 Å². The van der Waals surface area contributed by atoms with Gasteiger partial charge in [0, 0.05) is 18.1 Å². The number of nitrogens with zero attached hydrogens (tertiary/aromatic N) is 1. The molecule has 1 saturated carbocycles. The number of nitrogens with one attached hydrogen (secondary N) is 2. The number of hydrazine groups is 1. The first-order valence-corrected chi connectivity index (χ1v) is 8.05. The van der Waals surface area contributed by atoms with E-state index in [0.29, 0.717) is 18.5 Å². The highest BCUT2D eigenvalue weighted by Gasteiger charge is 2.30. The Labute approximate surface area is 126 Å². The molecule has 0 bridgehead atoms. The van der Waals surface area contributed by atoms with Crippen LogP contribution in [0.4, 0.5) is 4.79 Å². The molecule has 2 fully saturated rings. The van der Waals surface area contributed by atoms with Crippen molar-refractivity contribution >= 4 is 12.0 Å². The van der Waals surface area contributed by atoms with Crippen molar-refractivity contribution in [2.75, 3.05) is 0 Å². The molecule has 1 saturated heterocycles. The van der Waals surface area contributed by atoms with Crippen molar-refractivity contribution in [1.29, 1.82) is 0 Å². The molecular formula is C15H27N3O3. The number of hydrogen-bond donors (Lipinski definition) is 3. The summed E-state index contributed by atoms with van der Waals surface area (Å²) in [6, 6.07) is 0.456. The summed E-state index contributed by atoms with van der Waals surface area (Å²) >= 11 is 0. The summed E-state index contributed by atoms with van der Waals surface area (Å²) in [5, 5.41) is 14.0. The molecular weight excluding hydrogens is 270 g/mol. The smallest absolute Gasteiger partial charge is 0.329 e. The molecule has 2 aliphatic rings. The van der Waals surface area contributed by atoms with E-state index in [1.54, 1.807) is 0 Å². The van der Waals surface area contributed by atoms with Gasteiger partial charge in [0.1, 0.15) is 0 Å². The molecule has 0 aromatic rings. The molecule has 2 rings (SSSR count). The van der Waals surface area contributed by atoms with Crippen LogP contribution in [0.15, 0.2) is 0 Å². The minimum absolute atomic E-state index is 0.0322. The Hall–Kier alpha value is -1.30. The van der Waals surface area contributed by atoms with Crippen LogP contribution in [0.2, 0.25) is 0 Å². The third-order valence-corrected chi connectivity index (χ3v) is 4.78. The molecule has 0 aromatic carbocycles. The van der Waals surface area contributed by atoms with Gasteiger partial charge < -0.3 is 10.4 Å². The van der Waals surface area contributed by atoms with E-state index in [2.05, 4.69) is 24.6 Å². The van der Waals surface area contributed by atoms with Crippen molar-refractivity contribution in [2.24, 2.45) is 5.92 Å². The summed E-state index contributed by atoms with van der Waals surface area (Å²) in [5.74, 6) is -1.07. The topological polar surface area (TPSA) is 81.7 Å². The SMILES string of the molecule is CC1CCCC(C)N1NC(=O)NC1CCCC(C(=O)O)C1. The Balaban J connectivity index is 1.82. The van der Waals surface area contributed by atoms with E-state index in [9.17, 15) is 9.59 Å². The van der Waals surface area contributed by atoms with Gasteiger partial charge >= 0.3 is 12.0 Å². The van der Waals surface area contributed by atoms with Crippen molar-refractivity contribution in [1.82, 2.24) is 15.8 Å². The second kappa shape index (κ2) is 7.11. The number of carbonyl (C=O) groups is 2. The number of amides is 2. The van der Waals surface area contributed by atoms with Gasteiger partial charge in [-0.1, -0.05) is 12.8 Å². The van der Waals surface area contributed by atoms with E-state index in [1.807, 2.05) is 5.01 Å². The first-order valence-electron chi connectivity index (χ1n) is 8.05. The number of aliphatic carboxylic acids is 1. The summed E-state index contributed by atoms with van der Waals surface area (Å²) in [6.07, 6.45) is 6.36. The molecule has 3 N–H and O–H groups in total. The summed E-state index contributed by atoms with van der Waals surface area (Å²) in [6.45, 7) is 4.24. The van der Waals surface area contributed by atoms with E-state index in [1.165, 1.54) is 6.42 Å². The van der Waals surface area contributed by atoms with Crippen molar-refractivity contribution in [3.8, 4) is 0 Å². The van der Waals surface area contributed by atoms with E-state index < -0.39 is 5.97 Å². The molecule has 0 spiro atoms. The van der Waals surface area contributed by atoms with Crippen LogP contribution in [0.5, 0.6) is 0 Å². The lowest BCUT2D eigenvalue weighted by Gasteiger charge is -2.39. The fraction of sp³-hybridized carbons (Fsp3) is 0.867. The van der Waals surface area contributed by atoms with Crippen LogP contribution < -0.4 is 10.7 Å². The number of carbonyl (C=O) groups excluding carboxylic acids is 1. The van der Waals surface area contributed by atoms with Gasteiger partial charge in [-0.2, -0.15) is 0 Å². The maximum atomic E-state index is 12.1. The average molecular weight is 297 g/mol. The number of carboxylic acids is 1. The molecule has 0 radical (unpaired) electrons. The number of urea groups is 1. The van der Waals surface area contributed by atoms with E-state index in [-0.39, 0.29) is 18.0 Å². The summed E-state index contributed by atoms with van der Waals surface area (Å²) in [7, 11) is 0. The van der Waals surface area contributed by atoms with Crippen LogP contribution in [0.3, 0.4) is 0 Å². The van der Waals surface area contributed by atoms with Gasteiger partial charge in [-0.05, 0) is 46.0 Å². The van der Waals surface area contributed by atoms with Gasteiger partial charge in [0.25, 0.3) is 0 Å². The number of carboxylic acid groups (broad SMARTS) is 1. The van der Waals surface area contributed by atoms with Crippen molar-refractivity contribution in [3.05, 3.63) is 0 Å². The minimum Gasteiger partial charge on any atom is -0.481 e. The zero-order valence-electron chi connectivity index (χ0n) is 13.0. The Kier molecular flexibility index (Phi) is 5.45. The number of hydrogen-bond acceptors (Lipinski definition) is 3. The quantitative estimate of drug-likeness (QED) is 0.745. The van der Waals surface area contributed by atoms with Crippen LogP contribution >= 0.6 is 0 Å². The second-order valence-corrected chi connectivity index (χ2v) is 6.52. The number of piperidine rings is 1. The van der Waals surface area contributed by atoms with Crippen molar-refractivity contribution in [3.63, 3.8) is 0 Å². The Morgan fingerprint density at radius 1 is 1.05 bits per heavy atom. The monoisotopic (exact) mass is 297 g/mol. The Morgan fingerprint density at radius 2 is 1.67 bits per heavy atom. The van der Waals surface area contributed by atoms with Crippen LogP contribution in [0.1, 0.15) is 58.8 Å². The first kappa shape index (κ1) is 16.1. The van der Waals surface area contributed by atoms with Gasteiger partial charge in [0.2, 0.25) is 0 Å². The fourth-order valence-corrected chi connectivity index (χ4v) is 3.52. The van der Waals surface area contributed by atoms with E-state index in [4.69, 9.17) is 5.11 Å². The molecule has 1 heterocycles. The van der Waals surface area contributed by atoms with E-state index in [0.717, 1.165) is 32.1 Å². The highest BCUT2D eigenvalue weighted by molar-refractivity contribution is 5.74. The fourth-order valence-electron chi connectivity index (χ4n) is 3.52. The second-order valence-electron chi connectivity index (χ2n) is 6.52. The largest absolute Gasteiger partial charge is 0.481 e. The molecule has 4 atom stereocenters.